The molecule has 0 saturated carbocycles. The van der Waals surface area contributed by atoms with Crippen LogP contribution in [0.3, 0.4) is 0 Å². The van der Waals surface area contributed by atoms with Gasteiger partial charge in [-0.1, -0.05) is 6.07 Å². The molecule has 0 aliphatic carbocycles. The summed E-state index contributed by atoms with van der Waals surface area (Å²) in [6, 6.07) is 5.89. The molecule has 14 heavy (non-hydrogen) atoms. The number of nitrogens with zero attached hydrogens (tertiary/aromatic N) is 1. The van der Waals surface area contributed by atoms with Gasteiger partial charge in [0.15, 0.2) is 0 Å². The van der Waals surface area contributed by atoms with Crippen LogP contribution in [0.15, 0.2) is 24.4 Å². The van der Waals surface area contributed by atoms with Crippen molar-refractivity contribution in [3.63, 3.8) is 0 Å². The Hall–Kier alpha value is -0.890. The predicted molar refractivity (Wildman–Crippen MR) is 58.1 cm³/mol. The van der Waals surface area contributed by atoms with Crippen molar-refractivity contribution in [1.82, 2.24) is 4.98 Å². The van der Waals surface area contributed by atoms with E-state index in [9.17, 15) is 0 Å². The van der Waals surface area contributed by atoms with Crippen molar-refractivity contribution >= 4 is 0 Å². The summed E-state index contributed by atoms with van der Waals surface area (Å²) in [5.74, 6) is 0. The van der Waals surface area contributed by atoms with Crippen LogP contribution in [-0.4, -0.2) is 10.6 Å². The van der Waals surface area contributed by atoms with Crippen molar-refractivity contribution in [2.24, 2.45) is 0 Å². The van der Waals surface area contributed by atoms with Crippen molar-refractivity contribution in [1.29, 1.82) is 0 Å². The molecular weight excluding hydrogens is 174 g/mol. The number of hydrogen-bond donors (Lipinski definition) is 0. The highest BCUT2D eigenvalue weighted by Crippen LogP contribution is 2.28. The Labute approximate surface area is 86.3 Å². The number of rotatable bonds is 2. The largest absolute Gasteiger partial charge is 0.364 e. The quantitative estimate of drug-likeness (QED) is 0.720. The van der Waals surface area contributed by atoms with Crippen LogP contribution in [0, 0.1) is 0 Å². The molecule has 78 valence electrons. The number of pyridine rings is 1. The fourth-order valence-corrected chi connectivity index (χ4v) is 1.54. The molecule has 0 atom stereocenters. The van der Waals surface area contributed by atoms with Crippen LogP contribution < -0.4 is 0 Å². The van der Waals surface area contributed by atoms with Crippen molar-refractivity contribution in [2.75, 3.05) is 0 Å². The van der Waals surface area contributed by atoms with Crippen LogP contribution in [0.5, 0.6) is 0 Å². The van der Waals surface area contributed by atoms with Gasteiger partial charge in [-0.3, -0.25) is 4.98 Å². The fourth-order valence-electron chi connectivity index (χ4n) is 1.54. The van der Waals surface area contributed by atoms with Gasteiger partial charge in [0.2, 0.25) is 0 Å². The summed E-state index contributed by atoms with van der Waals surface area (Å²) >= 11 is 0. The van der Waals surface area contributed by atoms with Gasteiger partial charge in [-0.15, -0.1) is 0 Å². The topological polar surface area (TPSA) is 22.1 Å². The van der Waals surface area contributed by atoms with Crippen LogP contribution in [0.4, 0.5) is 0 Å². The average molecular weight is 193 g/mol. The summed E-state index contributed by atoms with van der Waals surface area (Å²) in [7, 11) is 0. The smallest absolute Gasteiger partial charge is 0.105 e. The summed E-state index contributed by atoms with van der Waals surface area (Å²) < 4.78 is 5.95. The summed E-state index contributed by atoms with van der Waals surface area (Å²) in [6.45, 7) is 10.2. The van der Waals surface area contributed by atoms with E-state index in [0.717, 1.165) is 5.69 Å². The van der Waals surface area contributed by atoms with Crippen LogP contribution >= 0.6 is 0 Å². The van der Waals surface area contributed by atoms with Crippen molar-refractivity contribution < 1.29 is 4.74 Å². The van der Waals surface area contributed by atoms with Gasteiger partial charge in [0.1, 0.15) is 5.60 Å². The lowest BCUT2D eigenvalue weighted by Gasteiger charge is -2.33. The van der Waals surface area contributed by atoms with Gasteiger partial charge >= 0.3 is 0 Å². The summed E-state index contributed by atoms with van der Waals surface area (Å²) in [5.41, 5.74) is 0.482. The van der Waals surface area contributed by atoms with Gasteiger partial charge in [-0.25, -0.2) is 0 Å². The summed E-state index contributed by atoms with van der Waals surface area (Å²) in [6.07, 6.45) is 1.79. The summed E-state index contributed by atoms with van der Waals surface area (Å²) in [5, 5.41) is 0. The lowest BCUT2D eigenvalue weighted by Crippen LogP contribution is -2.33. The van der Waals surface area contributed by atoms with E-state index in [4.69, 9.17) is 4.74 Å². The highest BCUT2D eigenvalue weighted by molar-refractivity contribution is 5.11. The summed E-state index contributed by atoms with van der Waals surface area (Å²) in [4.78, 5) is 4.31. The molecular formula is C12H19NO. The zero-order chi connectivity index (χ0) is 10.8. The molecule has 2 heteroatoms. The molecule has 0 bridgehead atoms. The maximum atomic E-state index is 5.95. The fraction of sp³-hybridized carbons (Fsp3) is 0.583. The van der Waals surface area contributed by atoms with Crippen molar-refractivity contribution in [3.8, 4) is 0 Å². The van der Waals surface area contributed by atoms with E-state index in [2.05, 4.69) is 25.8 Å². The molecule has 0 aliphatic rings. The second-order valence-corrected chi connectivity index (χ2v) is 4.94. The molecule has 0 aromatic carbocycles. The van der Waals surface area contributed by atoms with Gasteiger partial charge in [0.25, 0.3) is 0 Å². The third kappa shape index (κ3) is 3.11. The Bertz CT molecular complexity index is 285. The number of ether oxygens (including phenoxy) is 1. The van der Waals surface area contributed by atoms with E-state index in [1.807, 2.05) is 32.0 Å². The monoisotopic (exact) mass is 193 g/mol. The minimum Gasteiger partial charge on any atom is -0.364 e. The Balaban J connectivity index is 2.86. The van der Waals surface area contributed by atoms with Crippen molar-refractivity contribution in [3.05, 3.63) is 30.1 Å². The zero-order valence-electron chi connectivity index (χ0n) is 9.66. The van der Waals surface area contributed by atoms with Gasteiger partial charge < -0.3 is 4.74 Å². The maximum absolute atomic E-state index is 5.95. The molecule has 0 radical (unpaired) electrons. The van der Waals surface area contributed by atoms with Gasteiger partial charge in [0.05, 0.1) is 11.3 Å². The molecule has 1 aromatic heterocycles. The molecule has 0 unspecified atom stereocenters. The van der Waals surface area contributed by atoms with E-state index in [1.165, 1.54) is 0 Å². The third-order valence-electron chi connectivity index (χ3n) is 1.84. The van der Waals surface area contributed by atoms with E-state index in [0.29, 0.717) is 0 Å². The molecule has 1 aromatic rings. The van der Waals surface area contributed by atoms with E-state index < -0.39 is 0 Å². The minimum absolute atomic E-state index is 0.152. The standard InChI is InChI=1S/C12H19NO/c1-11(2,3)14-12(4,5)10-8-6-7-9-13-10/h6-9H,1-5H3. The first-order valence-corrected chi connectivity index (χ1v) is 4.93. The Morgan fingerprint density at radius 2 is 1.71 bits per heavy atom. The van der Waals surface area contributed by atoms with E-state index in [1.54, 1.807) is 6.20 Å². The maximum Gasteiger partial charge on any atom is 0.105 e. The second-order valence-electron chi connectivity index (χ2n) is 4.94. The second kappa shape index (κ2) is 3.70. The SMILES string of the molecule is CC(C)(C)OC(C)(C)c1ccccn1. The first kappa shape index (κ1) is 11.2. The molecule has 0 aliphatic heterocycles. The molecule has 0 spiro atoms. The Morgan fingerprint density at radius 3 is 2.14 bits per heavy atom. The molecule has 0 N–H and O–H groups in total. The first-order valence-electron chi connectivity index (χ1n) is 4.93. The molecule has 1 rings (SSSR count). The molecule has 1 heterocycles. The van der Waals surface area contributed by atoms with Gasteiger partial charge in [0, 0.05) is 6.20 Å². The lowest BCUT2D eigenvalue weighted by molar-refractivity contribution is -0.119. The predicted octanol–water partition coefficient (Wildman–Crippen LogP) is 3.13. The number of hydrogen-bond acceptors (Lipinski definition) is 2. The number of aromatic nitrogens is 1. The van der Waals surface area contributed by atoms with Crippen molar-refractivity contribution in [2.45, 2.75) is 45.8 Å². The van der Waals surface area contributed by atoms with Crippen LogP contribution in [0.1, 0.15) is 40.3 Å². The third-order valence-corrected chi connectivity index (χ3v) is 1.84. The Kier molecular flexibility index (Phi) is 2.95. The molecule has 0 fully saturated rings. The average Bonchev–Trinajstić information content (AvgIpc) is 2.01. The zero-order valence-corrected chi connectivity index (χ0v) is 9.66. The van der Waals surface area contributed by atoms with Crippen LogP contribution in [0.25, 0.3) is 0 Å². The van der Waals surface area contributed by atoms with Crippen LogP contribution in [0.2, 0.25) is 0 Å². The molecule has 2 nitrogen and oxygen atoms in total. The normalized spacial score (nSPS) is 12.9. The highest BCUT2D eigenvalue weighted by Gasteiger charge is 2.28. The van der Waals surface area contributed by atoms with Gasteiger partial charge in [-0.05, 0) is 46.8 Å². The first-order chi connectivity index (χ1) is 6.31. The Morgan fingerprint density at radius 1 is 1.07 bits per heavy atom. The van der Waals surface area contributed by atoms with Crippen LogP contribution in [-0.2, 0) is 10.3 Å². The van der Waals surface area contributed by atoms with Gasteiger partial charge in [-0.2, -0.15) is 0 Å². The lowest BCUT2D eigenvalue weighted by atomic mass is 10.0. The molecule has 0 saturated heterocycles. The van der Waals surface area contributed by atoms with E-state index >= 15 is 0 Å². The minimum atomic E-state index is -0.334. The highest BCUT2D eigenvalue weighted by atomic mass is 16.5. The molecule has 0 amide bonds. The van der Waals surface area contributed by atoms with E-state index in [-0.39, 0.29) is 11.2 Å².